The first kappa shape index (κ1) is 58.5. The van der Waals surface area contributed by atoms with Crippen molar-refractivity contribution in [3.8, 4) is 57.2 Å². The highest BCUT2D eigenvalue weighted by atomic mass is 19.2. The van der Waals surface area contributed by atoms with Gasteiger partial charge in [-0.05, 0) is 104 Å². The Labute approximate surface area is 429 Å². The van der Waals surface area contributed by atoms with Crippen LogP contribution in [0.2, 0.25) is 0 Å². The fraction of sp³-hybridized carbons (Fsp3) is 0.500. The van der Waals surface area contributed by atoms with Crippen LogP contribution in [-0.4, -0.2) is 51.8 Å². The third-order valence-electron chi connectivity index (χ3n) is 12.5. The molecule has 0 spiro atoms. The van der Waals surface area contributed by atoms with E-state index in [0.717, 1.165) is 55.0 Å². The number of halogens is 2. The molecule has 0 atom stereocenters. The van der Waals surface area contributed by atoms with Gasteiger partial charge in [0.25, 0.3) is 0 Å². The minimum absolute atomic E-state index is 0.0473. The van der Waals surface area contributed by atoms with Crippen molar-refractivity contribution in [3.63, 3.8) is 0 Å². The lowest BCUT2D eigenvalue weighted by atomic mass is 10.1. The van der Waals surface area contributed by atoms with Crippen molar-refractivity contribution in [2.45, 2.75) is 188 Å². The van der Waals surface area contributed by atoms with Crippen LogP contribution in [0, 0.1) is 11.6 Å². The molecular weight excluding hydrogens is 907 g/mol. The number of aryl methyl sites for hydroxylation is 2. The van der Waals surface area contributed by atoms with Gasteiger partial charge >= 0.3 is 0 Å². The number of benzene rings is 3. The Morgan fingerprint density at radius 2 is 0.722 bits per heavy atom. The Morgan fingerprint density at radius 3 is 1.12 bits per heavy atom. The Kier molecular flexibility index (Phi) is 29.2. The first-order chi connectivity index (χ1) is 35.2. The highest BCUT2D eigenvalue weighted by molar-refractivity contribution is 5.58. The van der Waals surface area contributed by atoms with E-state index in [2.05, 4.69) is 50.7 Å². The van der Waals surface area contributed by atoms with Crippen LogP contribution in [0.25, 0.3) is 34.2 Å². The predicted molar refractivity (Wildman–Crippen MR) is 288 cm³/mol. The van der Waals surface area contributed by atoms with Gasteiger partial charge in [0.2, 0.25) is 5.82 Å². The summed E-state index contributed by atoms with van der Waals surface area (Å²) in [6.45, 7) is 7.45. The summed E-state index contributed by atoms with van der Waals surface area (Å²) in [6, 6.07) is 16.2. The monoisotopic (exact) mass is 989 g/mol. The minimum Gasteiger partial charge on any atom is -0.508 e. The summed E-state index contributed by atoms with van der Waals surface area (Å²) in [5.74, 6) is -0.438. The Morgan fingerprint density at radius 1 is 0.375 bits per heavy atom. The molecule has 3 heterocycles. The first-order valence-electron chi connectivity index (χ1n) is 27.0. The lowest BCUT2D eigenvalue weighted by molar-refractivity contribution is 0.302. The van der Waals surface area contributed by atoms with Crippen LogP contribution in [0.5, 0.6) is 23.0 Å². The molecule has 0 saturated heterocycles. The Bertz CT molecular complexity index is 2300. The molecule has 0 radical (unpaired) electrons. The quantitative estimate of drug-likeness (QED) is 0.0360. The van der Waals surface area contributed by atoms with E-state index in [-0.39, 0.29) is 22.9 Å². The van der Waals surface area contributed by atoms with Gasteiger partial charge in [-0.2, -0.15) is 4.39 Å². The molecule has 3 aromatic carbocycles. The van der Waals surface area contributed by atoms with Crippen molar-refractivity contribution in [1.82, 2.24) is 29.9 Å². The van der Waals surface area contributed by atoms with Crippen LogP contribution < -0.4 is 4.74 Å². The number of phenolic OH excluding ortho intramolecular Hbond substituents is 3. The number of aromatic hydroxyl groups is 3. The van der Waals surface area contributed by atoms with Gasteiger partial charge < -0.3 is 20.1 Å². The van der Waals surface area contributed by atoms with E-state index in [0.29, 0.717) is 17.4 Å². The summed E-state index contributed by atoms with van der Waals surface area (Å²) in [4.78, 5) is 25.8. The normalized spacial score (nSPS) is 10.8. The second kappa shape index (κ2) is 36.0. The van der Waals surface area contributed by atoms with E-state index >= 15 is 0 Å². The molecule has 0 unspecified atom stereocenters. The maximum atomic E-state index is 13.8. The molecule has 3 aromatic heterocycles. The number of rotatable bonds is 31. The van der Waals surface area contributed by atoms with Crippen molar-refractivity contribution in [2.75, 3.05) is 6.61 Å². The molecule has 6 aromatic rings. The standard InChI is InChI=1S/C20H26F2N2O.C20H28N2O2.C20H28N2O/c1-2-3-4-5-6-7-8-9-10-15-13-23-20(24-14-15)16-11-12-17(25)19(22)18(16)21;1-2-3-4-5-6-7-8-9-14-24-19-15-21-20(22-16-19)17-10-12-18(23)13-11-17;1-2-3-4-5-6-7-8-9-10-17-15-21-20(22-16-17)18-11-13-19(23)14-12-18/h11-14,25H,2-10H2,1H3;10-13,15-16,23H,2-9,14H2,1H3;11-16,23H,2-10H2,1H3. The van der Waals surface area contributed by atoms with E-state index in [1.807, 2.05) is 24.5 Å². The van der Waals surface area contributed by atoms with Gasteiger partial charge in [0.15, 0.2) is 34.8 Å². The zero-order valence-electron chi connectivity index (χ0n) is 43.5. The van der Waals surface area contributed by atoms with E-state index < -0.39 is 17.4 Å². The summed E-state index contributed by atoms with van der Waals surface area (Å²) in [5.41, 5.74) is 3.96. The molecule has 0 amide bonds. The van der Waals surface area contributed by atoms with Crippen molar-refractivity contribution in [3.05, 3.63) is 121 Å². The van der Waals surface area contributed by atoms with Crippen LogP contribution in [0.3, 0.4) is 0 Å². The van der Waals surface area contributed by atoms with Crippen LogP contribution in [0.1, 0.15) is 186 Å². The van der Waals surface area contributed by atoms with Crippen molar-refractivity contribution < 1.29 is 28.8 Å². The summed E-state index contributed by atoms with van der Waals surface area (Å²) in [6.07, 6.45) is 43.7. The SMILES string of the molecule is CCCCCCCCCCOc1cnc(-c2ccc(O)cc2)nc1.CCCCCCCCCCc1cnc(-c2ccc(O)c(F)c2F)nc1.CCCCCCCCCCc1cnc(-c2ccc(O)cc2)nc1. The van der Waals surface area contributed by atoms with Crippen molar-refractivity contribution >= 4 is 0 Å². The molecule has 3 N–H and O–H groups in total. The molecule has 72 heavy (non-hydrogen) atoms. The maximum Gasteiger partial charge on any atom is 0.201 e. The number of hydrogen-bond acceptors (Lipinski definition) is 10. The van der Waals surface area contributed by atoms with Gasteiger partial charge in [0.05, 0.1) is 24.6 Å². The molecule has 0 saturated carbocycles. The first-order valence-corrected chi connectivity index (χ1v) is 27.0. The molecule has 0 aliphatic rings. The summed E-state index contributed by atoms with van der Waals surface area (Å²) in [7, 11) is 0. The van der Waals surface area contributed by atoms with Crippen molar-refractivity contribution in [2.24, 2.45) is 0 Å². The fourth-order valence-corrected chi connectivity index (χ4v) is 8.08. The highest BCUT2D eigenvalue weighted by Gasteiger charge is 2.16. The molecule has 6 rings (SSSR count). The average Bonchev–Trinajstić information content (AvgIpc) is 3.40. The number of nitrogens with zero attached hydrogens (tertiary/aromatic N) is 6. The molecule has 0 bridgehead atoms. The van der Waals surface area contributed by atoms with Gasteiger partial charge in [-0.1, -0.05) is 156 Å². The van der Waals surface area contributed by atoms with E-state index in [1.165, 1.54) is 153 Å². The molecule has 0 fully saturated rings. The molecule has 0 aliphatic heterocycles. The maximum absolute atomic E-state index is 13.8. The lowest BCUT2D eigenvalue weighted by Gasteiger charge is -2.06. The van der Waals surface area contributed by atoms with E-state index in [9.17, 15) is 19.0 Å². The fourth-order valence-electron chi connectivity index (χ4n) is 8.08. The van der Waals surface area contributed by atoms with Gasteiger partial charge in [-0.3, -0.25) is 0 Å². The zero-order chi connectivity index (χ0) is 51.4. The molecule has 390 valence electrons. The molecular formula is C60H82F2N6O4. The smallest absolute Gasteiger partial charge is 0.201 e. The second-order valence-electron chi connectivity index (χ2n) is 18.7. The summed E-state index contributed by atoms with van der Waals surface area (Å²) in [5, 5.41) is 27.8. The van der Waals surface area contributed by atoms with E-state index in [1.54, 1.807) is 61.2 Å². The molecule has 10 nitrogen and oxygen atoms in total. The lowest BCUT2D eigenvalue weighted by Crippen LogP contribution is -1.99. The van der Waals surface area contributed by atoms with Gasteiger partial charge in [-0.15, -0.1) is 0 Å². The van der Waals surface area contributed by atoms with E-state index in [4.69, 9.17) is 9.84 Å². The van der Waals surface area contributed by atoms with Gasteiger partial charge in [0.1, 0.15) is 11.5 Å². The molecule has 12 heteroatoms. The number of aromatic nitrogens is 6. The Balaban J connectivity index is 0.000000235. The largest absolute Gasteiger partial charge is 0.508 e. The number of phenols is 3. The number of ether oxygens (including phenoxy) is 1. The van der Waals surface area contributed by atoms with Crippen LogP contribution in [0.15, 0.2) is 97.8 Å². The topological polar surface area (TPSA) is 147 Å². The summed E-state index contributed by atoms with van der Waals surface area (Å²) >= 11 is 0. The average molecular weight is 989 g/mol. The predicted octanol–water partition coefficient (Wildman–Crippen LogP) is 16.7. The third-order valence-corrected chi connectivity index (χ3v) is 12.5. The zero-order valence-corrected chi connectivity index (χ0v) is 43.5. The number of unbranched alkanes of at least 4 members (excludes halogenated alkanes) is 21. The minimum atomic E-state index is -1.27. The highest BCUT2D eigenvalue weighted by Crippen LogP contribution is 2.27. The van der Waals surface area contributed by atoms with Crippen LogP contribution in [0.4, 0.5) is 8.78 Å². The van der Waals surface area contributed by atoms with Crippen molar-refractivity contribution in [1.29, 1.82) is 0 Å². The third kappa shape index (κ3) is 23.5. The van der Waals surface area contributed by atoms with Gasteiger partial charge in [0, 0.05) is 35.9 Å². The van der Waals surface area contributed by atoms with Crippen LogP contribution >= 0.6 is 0 Å². The number of hydrogen-bond donors (Lipinski definition) is 3. The van der Waals surface area contributed by atoms with Crippen LogP contribution in [-0.2, 0) is 12.8 Å². The summed E-state index contributed by atoms with van der Waals surface area (Å²) < 4.78 is 32.9. The molecule has 0 aliphatic carbocycles. The second-order valence-corrected chi connectivity index (χ2v) is 18.7. The van der Waals surface area contributed by atoms with Gasteiger partial charge in [-0.25, -0.2) is 34.3 Å². The Hall–Kier alpha value is -6.04.